The number of carbonyl (C=O) groups is 2. The van der Waals surface area contributed by atoms with Crippen molar-refractivity contribution in [2.45, 2.75) is 50.0 Å². The Morgan fingerprint density at radius 2 is 1.48 bits per heavy atom. The Morgan fingerprint density at radius 3 is 1.91 bits per heavy atom. The van der Waals surface area contributed by atoms with E-state index in [1.807, 2.05) is 0 Å². The van der Waals surface area contributed by atoms with Gasteiger partial charge in [0, 0.05) is 12.6 Å². The van der Waals surface area contributed by atoms with Crippen molar-refractivity contribution in [3.8, 4) is 0 Å². The zero-order chi connectivity index (χ0) is 25.4. The summed E-state index contributed by atoms with van der Waals surface area (Å²) in [5.74, 6) is -4.12. The Morgan fingerprint density at radius 1 is 1.00 bits per heavy atom. The lowest BCUT2D eigenvalue weighted by atomic mass is 10.0. The van der Waals surface area contributed by atoms with E-state index in [9.17, 15) is 46.1 Å². The van der Waals surface area contributed by atoms with Gasteiger partial charge in [-0.2, -0.15) is 26.3 Å². The van der Waals surface area contributed by atoms with Crippen molar-refractivity contribution >= 4 is 11.9 Å². The SMILES string of the molecule is FC(F)(F)CN(Cc1ccccc1C(F)(F)F)C1CCNCC1.O=C([O-])[C@H](O)[C@@H](O)C(=O)[O-]. The Labute approximate surface area is 184 Å². The molecule has 0 unspecified atom stereocenters. The molecule has 0 bridgehead atoms. The van der Waals surface area contributed by atoms with Crippen molar-refractivity contribution in [3.63, 3.8) is 0 Å². The van der Waals surface area contributed by atoms with Crippen molar-refractivity contribution in [2.24, 2.45) is 0 Å². The molecule has 1 aliphatic rings. The van der Waals surface area contributed by atoms with Crippen LogP contribution in [0.4, 0.5) is 26.3 Å². The van der Waals surface area contributed by atoms with Crippen LogP contribution in [-0.2, 0) is 22.3 Å². The number of nitrogens with zero attached hydrogens (tertiary/aromatic N) is 1. The van der Waals surface area contributed by atoms with E-state index in [0.29, 0.717) is 25.9 Å². The van der Waals surface area contributed by atoms with Crippen molar-refractivity contribution in [2.75, 3.05) is 19.6 Å². The maximum atomic E-state index is 13.0. The topological polar surface area (TPSA) is 136 Å². The maximum Gasteiger partial charge on any atom is 0.416 e. The molecule has 14 heteroatoms. The molecule has 0 aromatic heterocycles. The van der Waals surface area contributed by atoms with Crippen molar-refractivity contribution in [1.29, 1.82) is 0 Å². The predicted molar refractivity (Wildman–Crippen MR) is 95.8 cm³/mol. The highest BCUT2D eigenvalue weighted by Gasteiger charge is 2.37. The van der Waals surface area contributed by atoms with Gasteiger partial charge in [0.1, 0.15) is 12.2 Å². The summed E-state index contributed by atoms with van der Waals surface area (Å²) in [6.45, 7) is -0.427. The molecule has 2 rings (SSSR count). The van der Waals surface area contributed by atoms with E-state index in [1.54, 1.807) is 0 Å². The van der Waals surface area contributed by atoms with Crippen molar-refractivity contribution in [1.82, 2.24) is 10.2 Å². The molecular formula is C19H22F6N2O6-2. The molecule has 0 saturated carbocycles. The van der Waals surface area contributed by atoms with Crippen LogP contribution in [0.3, 0.4) is 0 Å². The van der Waals surface area contributed by atoms with Gasteiger partial charge in [0.05, 0.1) is 24.0 Å². The largest absolute Gasteiger partial charge is 0.547 e. The fraction of sp³-hybridized carbons (Fsp3) is 0.579. The second-order valence-electron chi connectivity index (χ2n) is 7.18. The third-order valence-electron chi connectivity index (χ3n) is 4.69. The number of carboxylic acids is 2. The van der Waals surface area contributed by atoms with E-state index in [4.69, 9.17) is 10.2 Å². The summed E-state index contributed by atoms with van der Waals surface area (Å²) in [4.78, 5) is 20.4. The number of halogens is 6. The number of aliphatic hydroxyl groups excluding tert-OH is 2. The summed E-state index contributed by atoms with van der Waals surface area (Å²) in [5.41, 5.74) is -0.996. The van der Waals surface area contributed by atoms with Gasteiger partial charge in [0.15, 0.2) is 0 Å². The minimum atomic E-state index is -4.57. The molecule has 0 radical (unpaired) electrons. The van der Waals surface area contributed by atoms with Gasteiger partial charge in [0.25, 0.3) is 0 Å². The first kappa shape index (κ1) is 28.6. The van der Waals surface area contributed by atoms with Gasteiger partial charge in [0.2, 0.25) is 0 Å². The summed E-state index contributed by atoms with van der Waals surface area (Å²) in [6.07, 6.45) is -12.9. The predicted octanol–water partition coefficient (Wildman–Crippen LogP) is -0.970. The van der Waals surface area contributed by atoms with E-state index in [1.165, 1.54) is 18.2 Å². The zero-order valence-corrected chi connectivity index (χ0v) is 17.0. The number of aliphatic carboxylic acids is 2. The van der Waals surface area contributed by atoms with E-state index >= 15 is 0 Å². The second kappa shape index (κ2) is 12.2. The molecular weight excluding hydrogens is 466 g/mol. The summed E-state index contributed by atoms with van der Waals surface area (Å²) in [7, 11) is 0. The summed E-state index contributed by atoms with van der Waals surface area (Å²) < 4.78 is 77.5. The molecule has 0 amide bonds. The third-order valence-corrected chi connectivity index (χ3v) is 4.69. The molecule has 0 aliphatic carbocycles. The fourth-order valence-electron chi connectivity index (χ4n) is 3.13. The summed E-state index contributed by atoms with van der Waals surface area (Å²) in [6, 6.07) is 4.43. The van der Waals surface area contributed by atoms with Crippen LogP contribution < -0.4 is 15.5 Å². The van der Waals surface area contributed by atoms with E-state index in [-0.39, 0.29) is 18.2 Å². The summed E-state index contributed by atoms with van der Waals surface area (Å²) >= 11 is 0. The van der Waals surface area contributed by atoms with Gasteiger partial charge >= 0.3 is 12.4 Å². The van der Waals surface area contributed by atoms with Gasteiger partial charge in [-0.15, -0.1) is 0 Å². The number of piperidine rings is 1. The van der Waals surface area contributed by atoms with Crippen LogP contribution in [0.15, 0.2) is 24.3 Å². The highest BCUT2D eigenvalue weighted by molar-refractivity contribution is 5.80. The van der Waals surface area contributed by atoms with Crippen molar-refractivity contribution < 1.29 is 56.4 Å². The van der Waals surface area contributed by atoms with Gasteiger partial charge in [-0.1, -0.05) is 18.2 Å². The third kappa shape index (κ3) is 9.94. The maximum absolute atomic E-state index is 13.0. The van der Waals surface area contributed by atoms with Gasteiger partial charge in [-0.05, 0) is 37.6 Å². The molecule has 33 heavy (non-hydrogen) atoms. The van der Waals surface area contributed by atoms with E-state index in [2.05, 4.69) is 5.32 Å². The Bertz CT molecular complexity index is 765. The van der Waals surface area contributed by atoms with Gasteiger partial charge in [-0.25, -0.2) is 0 Å². The van der Waals surface area contributed by atoms with E-state index < -0.39 is 48.6 Å². The lowest BCUT2D eigenvalue weighted by molar-refractivity contribution is -0.333. The molecule has 1 saturated heterocycles. The zero-order valence-electron chi connectivity index (χ0n) is 17.0. The Balaban J connectivity index is 0.000000461. The quantitative estimate of drug-likeness (QED) is 0.418. The monoisotopic (exact) mass is 488 g/mol. The number of aliphatic hydroxyl groups is 2. The van der Waals surface area contributed by atoms with Crippen LogP contribution >= 0.6 is 0 Å². The molecule has 188 valence electrons. The molecule has 2 atom stereocenters. The molecule has 1 aromatic carbocycles. The fourth-order valence-corrected chi connectivity index (χ4v) is 3.13. The smallest absolute Gasteiger partial charge is 0.416 e. The number of alkyl halides is 6. The van der Waals surface area contributed by atoms with Gasteiger partial charge < -0.3 is 35.3 Å². The highest BCUT2D eigenvalue weighted by Crippen LogP contribution is 2.33. The lowest BCUT2D eigenvalue weighted by Gasteiger charge is -2.35. The van der Waals surface area contributed by atoms with Crippen molar-refractivity contribution in [3.05, 3.63) is 35.4 Å². The first-order chi connectivity index (χ1) is 15.1. The Kier molecular flexibility index (Phi) is 10.5. The minimum Gasteiger partial charge on any atom is -0.547 e. The van der Waals surface area contributed by atoms with Crippen LogP contribution in [0.25, 0.3) is 0 Å². The lowest BCUT2D eigenvalue weighted by Crippen LogP contribution is -2.51. The molecule has 1 fully saturated rings. The van der Waals surface area contributed by atoms with Gasteiger partial charge in [-0.3, -0.25) is 4.90 Å². The highest BCUT2D eigenvalue weighted by atomic mass is 19.4. The van der Waals surface area contributed by atoms with Crippen LogP contribution in [0.2, 0.25) is 0 Å². The summed E-state index contributed by atoms with van der Waals surface area (Å²) in [5, 5.41) is 38.8. The molecule has 1 aliphatic heterocycles. The standard InChI is InChI=1S/C15H18F6N2.C4H6O6/c16-14(17,18)10-23(12-5-7-22-8-6-12)9-11-3-1-2-4-13(11)15(19,20)21;5-1(3(7)8)2(6)4(9)10/h1-4,12,22H,5-10H2;1-2,5-6H,(H,7,8)(H,9,10)/p-2/t;1-,2-/m.1/s1. The number of carbonyl (C=O) groups excluding carboxylic acids is 2. The van der Waals surface area contributed by atoms with Crippen LogP contribution in [0, 0.1) is 0 Å². The van der Waals surface area contributed by atoms with Crippen LogP contribution in [0.1, 0.15) is 24.0 Å². The first-order valence-electron chi connectivity index (χ1n) is 9.58. The molecule has 1 heterocycles. The number of rotatable bonds is 7. The number of hydrogen-bond donors (Lipinski definition) is 3. The minimum absolute atomic E-state index is 0.122. The average Bonchev–Trinajstić information content (AvgIpc) is 2.71. The second-order valence-corrected chi connectivity index (χ2v) is 7.18. The normalized spacial score (nSPS) is 17.1. The van der Waals surface area contributed by atoms with E-state index in [0.717, 1.165) is 11.0 Å². The first-order valence-corrected chi connectivity index (χ1v) is 9.58. The number of carboxylic acid groups (broad SMARTS) is 2. The molecule has 8 nitrogen and oxygen atoms in total. The van der Waals surface area contributed by atoms with Crippen LogP contribution in [0.5, 0.6) is 0 Å². The van der Waals surface area contributed by atoms with Crippen LogP contribution in [-0.4, -0.2) is 71.1 Å². The number of nitrogens with one attached hydrogen (secondary N) is 1. The average molecular weight is 488 g/mol. The number of hydrogen-bond acceptors (Lipinski definition) is 8. The molecule has 0 spiro atoms. The number of benzene rings is 1. The Hall–Kier alpha value is -2.42. The molecule has 3 N–H and O–H groups in total. The molecule has 1 aromatic rings.